The first-order chi connectivity index (χ1) is 10.7. The van der Waals surface area contributed by atoms with Gasteiger partial charge in [-0.2, -0.15) is 0 Å². The molecule has 1 saturated heterocycles. The van der Waals surface area contributed by atoms with Gasteiger partial charge in [-0.25, -0.2) is 4.98 Å². The van der Waals surface area contributed by atoms with E-state index in [0.29, 0.717) is 19.0 Å². The van der Waals surface area contributed by atoms with Crippen LogP contribution in [0.4, 0.5) is 0 Å². The topological polar surface area (TPSA) is 61.6 Å². The lowest BCUT2D eigenvalue weighted by molar-refractivity contribution is -0.132. The quantitative estimate of drug-likeness (QED) is 0.843. The van der Waals surface area contributed by atoms with Crippen LogP contribution < -0.4 is 5.32 Å². The molecule has 9 heteroatoms. The fourth-order valence-electron chi connectivity index (χ4n) is 2.47. The molecule has 3 rings (SSSR count). The van der Waals surface area contributed by atoms with Gasteiger partial charge in [-0.05, 0) is 18.5 Å². The highest BCUT2D eigenvalue weighted by Crippen LogP contribution is 2.23. The number of piperazine rings is 1. The van der Waals surface area contributed by atoms with Crippen LogP contribution >= 0.6 is 36.2 Å². The molecular formula is C15H22Cl2N4O2S. The van der Waals surface area contributed by atoms with Crippen LogP contribution in [0.3, 0.4) is 0 Å². The first-order valence-corrected chi connectivity index (χ1v) is 8.25. The summed E-state index contributed by atoms with van der Waals surface area (Å²) < 4.78 is 5.50. The largest absolute Gasteiger partial charge is 0.444 e. The number of carbonyl (C=O) groups excluding carboxylic acids is 1. The Morgan fingerprint density at radius 1 is 1.42 bits per heavy atom. The predicted molar refractivity (Wildman–Crippen MR) is 100 cm³/mol. The third-order valence-corrected chi connectivity index (χ3v) is 4.45. The lowest BCUT2D eigenvalue weighted by atomic mass is 10.3. The molecule has 1 fully saturated rings. The lowest BCUT2D eigenvalue weighted by Gasteiger charge is -2.29. The van der Waals surface area contributed by atoms with Crippen LogP contribution in [0.5, 0.6) is 0 Å². The average Bonchev–Trinajstić information content (AvgIpc) is 3.19. The second-order valence-corrected chi connectivity index (χ2v) is 6.37. The van der Waals surface area contributed by atoms with Gasteiger partial charge in [0.1, 0.15) is 6.26 Å². The summed E-state index contributed by atoms with van der Waals surface area (Å²) in [5.74, 6) is 0.817. The van der Waals surface area contributed by atoms with E-state index in [2.05, 4.69) is 10.3 Å². The first-order valence-electron chi connectivity index (χ1n) is 7.37. The minimum Gasteiger partial charge on any atom is -0.444 e. The average molecular weight is 393 g/mol. The molecule has 0 unspecified atom stereocenters. The summed E-state index contributed by atoms with van der Waals surface area (Å²) in [5.41, 5.74) is 0.846. The highest BCUT2D eigenvalue weighted by molar-refractivity contribution is 7.13. The van der Waals surface area contributed by atoms with E-state index in [-0.39, 0.29) is 30.7 Å². The molecular weight excluding hydrogens is 371 g/mol. The van der Waals surface area contributed by atoms with E-state index < -0.39 is 0 Å². The van der Waals surface area contributed by atoms with E-state index in [1.807, 2.05) is 34.4 Å². The Hall–Kier alpha value is -1.12. The van der Waals surface area contributed by atoms with Gasteiger partial charge in [-0.15, -0.1) is 36.2 Å². The van der Waals surface area contributed by atoms with Crippen molar-refractivity contribution in [1.82, 2.24) is 20.1 Å². The second-order valence-electron chi connectivity index (χ2n) is 5.42. The molecule has 2 aromatic rings. The summed E-state index contributed by atoms with van der Waals surface area (Å²) in [6.07, 6.45) is 1.67. The Bertz CT molecular complexity index is 615. The molecule has 2 aromatic heterocycles. The summed E-state index contributed by atoms with van der Waals surface area (Å²) in [6.45, 7) is 4.35. The fourth-order valence-corrected chi connectivity index (χ4v) is 3.13. The molecule has 1 aliphatic rings. The molecule has 3 heterocycles. The number of hydrogen-bond donors (Lipinski definition) is 1. The van der Waals surface area contributed by atoms with Gasteiger partial charge in [-0.3, -0.25) is 9.69 Å². The predicted octanol–water partition coefficient (Wildman–Crippen LogP) is 2.11. The van der Waals surface area contributed by atoms with Gasteiger partial charge >= 0.3 is 0 Å². The maximum absolute atomic E-state index is 12.2. The van der Waals surface area contributed by atoms with Crippen molar-refractivity contribution in [3.8, 4) is 10.8 Å². The van der Waals surface area contributed by atoms with Crippen LogP contribution in [0.25, 0.3) is 10.8 Å². The Kier molecular flexibility index (Phi) is 8.72. The highest BCUT2D eigenvalue weighted by atomic mass is 35.5. The molecule has 0 spiro atoms. The van der Waals surface area contributed by atoms with Crippen LogP contribution in [0.1, 0.15) is 5.69 Å². The number of nitrogens with one attached hydrogen (secondary N) is 1. The second kappa shape index (κ2) is 10.0. The van der Waals surface area contributed by atoms with Crippen LogP contribution in [0.2, 0.25) is 0 Å². The van der Waals surface area contributed by atoms with Gasteiger partial charge in [0.2, 0.25) is 11.8 Å². The summed E-state index contributed by atoms with van der Waals surface area (Å²) in [7, 11) is 1.93. The van der Waals surface area contributed by atoms with Gasteiger partial charge in [-0.1, -0.05) is 6.07 Å². The van der Waals surface area contributed by atoms with Crippen molar-refractivity contribution < 1.29 is 9.21 Å². The van der Waals surface area contributed by atoms with Gasteiger partial charge < -0.3 is 14.6 Å². The number of carbonyl (C=O) groups is 1. The van der Waals surface area contributed by atoms with E-state index in [1.165, 1.54) is 0 Å². The molecule has 0 saturated carbocycles. The van der Waals surface area contributed by atoms with E-state index in [1.54, 1.807) is 17.6 Å². The van der Waals surface area contributed by atoms with Crippen molar-refractivity contribution >= 4 is 42.1 Å². The van der Waals surface area contributed by atoms with Gasteiger partial charge in [0.25, 0.3) is 0 Å². The SMILES string of the molecule is CN(CC(=O)N1CCNCC1)Cc1coc(-c2cccs2)n1.Cl.Cl. The number of thiophene rings is 1. The summed E-state index contributed by atoms with van der Waals surface area (Å²) >= 11 is 1.60. The maximum Gasteiger partial charge on any atom is 0.236 e. The van der Waals surface area contributed by atoms with Crippen LogP contribution in [-0.4, -0.2) is 60.5 Å². The molecule has 1 aliphatic heterocycles. The normalized spacial score (nSPS) is 14.2. The Labute approximate surface area is 158 Å². The zero-order valence-electron chi connectivity index (χ0n) is 13.4. The number of rotatable bonds is 5. The van der Waals surface area contributed by atoms with Crippen molar-refractivity contribution in [2.75, 3.05) is 39.8 Å². The number of oxazole rings is 1. The number of aromatic nitrogens is 1. The minimum absolute atomic E-state index is 0. The third-order valence-electron chi connectivity index (χ3n) is 3.59. The molecule has 0 atom stereocenters. The number of nitrogens with zero attached hydrogens (tertiary/aromatic N) is 3. The molecule has 0 radical (unpaired) electrons. The minimum atomic E-state index is 0. The molecule has 6 nitrogen and oxygen atoms in total. The number of amides is 1. The van der Waals surface area contributed by atoms with E-state index in [0.717, 1.165) is 36.8 Å². The third kappa shape index (κ3) is 5.46. The molecule has 0 aromatic carbocycles. The van der Waals surface area contributed by atoms with Crippen molar-refractivity contribution in [3.05, 3.63) is 29.5 Å². The van der Waals surface area contributed by atoms with Crippen molar-refractivity contribution in [1.29, 1.82) is 0 Å². The summed E-state index contributed by atoms with van der Waals surface area (Å²) in [6, 6.07) is 3.96. The van der Waals surface area contributed by atoms with Gasteiger partial charge in [0.15, 0.2) is 0 Å². The molecule has 134 valence electrons. The lowest BCUT2D eigenvalue weighted by Crippen LogP contribution is -2.49. The fraction of sp³-hybridized carbons (Fsp3) is 0.467. The van der Waals surface area contributed by atoms with Crippen LogP contribution in [-0.2, 0) is 11.3 Å². The molecule has 1 amide bonds. The van der Waals surface area contributed by atoms with Crippen LogP contribution in [0, 0.1) is 0 Å². The van der Waals surface area contributed by atoms with Crippen molar-refractivity contribution in [2.45, 2.75) is 6.54 Å². The van der Waals surface area contributed by atoms with Gasteiger partial charge in [0.05, 0.1) is 17.1 Å². The molecule has 1 N–H and O–H groups in total. The first kappa shape index (κ1) is 20.9. The highest BCUT2D eigenvalue weighted by Gasteiger charge is 2.18. The zero-order valence-corrected chi connectivity index (χ0v) is 15.9. The Balaban J connectivity index is 0.00000144. The smallest absolute Gasteiger partial charge is 0.236 e. The van der Waals surface area contributed by atoms with Crippen molar-refractivity contribution in [2.24, 2.45) is 0 Å². The number of hydrogen-bond acceptors (Lipinski definition) is 6. The van der Waals surface area contributed by atoms with E-state index >= 15 is 0 Å². The standard InChI is InChI=1S/C15H20N4O2S.2ClH/c1-18(10-14(20)19-6-4-16-5-7-19)9-12-11-21-15(17-12)13-3-2-8-22-13;;/h2-3,8,11,16H,4-7,9-10H2,1H3;2*1H. The Morgan fingerprint density at radius 3 is 2.83 bits per heavy atom. The molecule has 0 aliphatic carbocycles. The van der Waals surface area contributed by atoms with E-state index in [4.69, 9.17) is 4.42 Å². The van der Waals surface area contributed by atoms with Crippen LogP contribution in [0.15, 0.2) is 28.2 Å². The van der Waals surface area contributed by atoms with Crippen molar-refractivity contribution in [3.63, 3.8) is 0 Å². The molecule has 24 heavy (non-hydrogen) atoms. The Morgan fingerprint density at radius 2 is 2.17 bits per heavy atom. The van der Waals surface area contributed by atoms with Gasteiger partial charge in [0, 0.05) is 32.7 Å². The molecule has 0 bridgehead atoms. The maximum atomic E-state index is 12.2. The van der Waals surface area contributed by atoms with E-state index in [9.17, 15) is 4.79 Å². The monoisotopic (exact) mass is 392 g/mol. The number of halogens is 2. The zero-order chi connectivity index (χ0) is 15.4. The summed E-state index contributed by atoms with van der Waals surface area (Å²) in [4.78, 5) is 21.6. The number of likely N-dealkylation sites (N-methyl/N-ethyl adjacent to an activating group) is 1. The summed E-state index contributed by atoms with van der Waals surface area (Å²) in [5, 5.41) is 5.25.